The van der Waals surface area contributed by atoms with Crippen molar-refractivity contribution in [1.29, 1.82) is 0 Å². The van der Waals surface area contributed by atoms with Crippen LogP contribution >= 0.6 is 0 Å². The van der Waals surface area contributed by atoms with Crippen molar-refractivity contribution in [2.24, 2.45) is 0 Å². The molecule has 0 saturated heterocycles. The lowest BCUT2D eigenvalue weighted by Gasteiger charge is -2.18. The molecule has 0 aromatic rings. The first-order valence-corrected chi connectivity index (χ1v) is 18.6. The zero-order chi connectivity index (χ0) is 35.2. The Labute approximate surface area is 293 Å². The van der Waals surface area contributed by atoms with E-state index in [0.29, 0.717) is 6.42 Å². The van der Waals surface area contributed by atoms with Crippen LogP contribution in [-0.2, 0) is 28.6 Å². The summed E-state index contributed by atoms with van der Waals surface area (Å²) in [6.07, 6.45) is 44.7. The van der Waals surface area contributed by atoms with Crippen molar-refractivity contribution in [3.05, 3.63) is 85.1 Å². The number of rotatable bonds is 31. The number of esters is 3. The van der Waals surface area contributed by atoms with Gasteiger partial charge in [-0.05, 0) is 77.0 Å². The summed E-state index contributed by atoms with van der Waals surface area (Å²) in [5.74, 6) is -1.15. The third-order valence-electron chi connectivity index (χ3n) is 7.15. The monoisotopic (exact) mass is 666 g/mol. The van der Waals surface area contributed by atoms with E-state index < -0.39 is 12.1 Å². The van der Waals surface area contributed by atoms with Gasteiger partial charge in [-0.15, -0.1) is 0 Å². The number of carbonyl (C=O) groups excluding carboxylic acids is 3. The van der Waals surface area contributed by atoms with Crippen molar-refractivity contribution < 1.29 is 28.6 Å². The van der Waals surface area contributed by atoms with Crippen molar-refractivity contribution in [2.45, 2.75) is 149 Å². The van der Waals surface area contributed by atoms with Gasteiger partial charge in [-0.25, -0.2) is 0 Å². The van der Waals surface area contributed by atoms with Crippen molar-refractivity contribution in [3.63, 3.8) is 0 Å². The average Bonchev–Trinajstić information content (AvgIpc) is 3.08. The zero-order valence-corrected chi connectivity index (χ0v) is 30.5. The first-order valence-electron chi connectivity index (χ1n) is 18.6. The SMILES string of the molecule is CC/C=C\C/C=C\C/C=C\CCCC(=O)OCC(COC(=O)C/C=C\C/C=C\C/C=C\CC)OC(=O)CCCCCC/C=C\CCCC. The molecule has 6 heteroatoms. The van der Waals surface area contributed by atoms with Crippen LogP contribution in [0.15, 0.2) is 85.1 Å². The maximum absolute atomic E-state index is 12.6. The number of ether oxygens (including phenoxy) is 3. The van der Waals surface area contributed by atoms with Gasteiger partial charge in [0.2, 0.25) is 0 Å². The normalized spacial score (nSPS) is 13.0. The van der Waals surface area contributed by atoms with Crippen LogP contribution in [0.2, 0.25) is 0 Å². The summed E-state index contributed by atoms with van der Waals surface area (Å²) in [6, 6.07) is 0. The zero-order valence-electron chi connectivity index (χ0n) is 30.5. The van der Waals surface area contributed by atoms with Gasteiger partial charge in [0.15, 0.2) is 6.10 Å². The largest absolute Gasteiger partial charge is 0.462 e. The summed E-state index contributed by atoms with van der Waals surface area (Å²) in [4.78, 5) is 37.2. The van der Waals surface area contributed by atoms with E-state index in [1.54, 1.807) is 6.08 Å². The Balaban J connectivity index is 4.59. The molecule has 0 aromatic heterocycles. The maximum atomic E-state index is 12.6. The fraction of sp³-hybridized carbons (Fsp3) is 0.595. The van der Waals surface area contributed by atoms with Crippen molar-refractivity contribution in [2.75, 3.05) is 13.2 Å². The van der Waals surface area contributed by atoms with Crippen molar-refractivity contribution in [1.82, 2.24) is 0 Å². The third-order valence-corrected chi connectivity index (χ3v) is 7.15. The molecule has 0 rings (SSSR count). The summed E-state index contributed by atoms with van der Waals surface area (Å²) in [5.41, 5.74) is 0. The minimum Gasteiger partial charge on any atom is -0.462 e. The van der Waals surface area contributed by atoms with Crippen LogP contribution in [0, 0.1) is 0 Å². The van der Waals surface area contributed by atoms with E-state index in [-0.39, 0.29) is 44.4 Å². The first kappa shape index (κ1) is 44.6. The third kappa shape index (κ3) is 33.9. The first-order chi connectivity index (χ1) is 23.5. The van der Waals surface area contributed by atoms with E-state index in [2.05, 4.69) is 93.7 Å². The molecule has 0 bridgehead atoms. The van der Waals surface area contributed by atoms with Crippen LogP contribution in [0.25, 0.3) is 0 Å². The van der Waals surface area contributed by atoms with Gasteiger partial charge in [-0.2, -0.15) is 0 Å². The lowest BCUT2D eigenvalue weighted by molar-refractivity contribution is -0.166. The predicted octanol–water partition coefficient (Wildman–Crippen LogP) is 11.3. The molecular weight excluding hydrogens is 600 g/mol. The van der Waals surface area contributed by atoms with Crippen LogP contribution in [0.1, 0.15) is 143 Å². The summed E-state index contributed by atoms with van der Waals surface area (Å²) < 4.78 is 16.4. The Morgan fingerprint density at radius 1 is 0.458 bits per heavy atom. The van der Waals surface area contributed by atoms with Gasteiger partial charge in [-0.3, -0.25) is 14.4 Å². The topological polar surface area (TPSA) is 78.9 Å². The second-order valence-corrected chi connectivity index (χ2v) is 11.7. The maximum Gasteiger partial charge on any atom is 0.309 e. The Bertz CT molecular complexity index is 998. The van der Waals surface area contributed by atoms with Crippen molar-refractivity contribution >= 4 is 17.9 Å². The molecule has 0 spiro atoms. The Hall–Kier alpha value is -3.41. The number of allylic oxidation sites excluding steroid dienone is 13. The predicted molar refractivity (Wildman–Crippen MR) is 201 cm³/mol. The molecule has 0 fully saturated rings. The fourth-order valence-corrected chi connectivity index (χ4v) is 4.39. The molecule has 0 amide bonds. The van der Waals surface area contributed by atoms with E-state index in [0.717, 1.165) is 83.5 Å². The highest BCUT2D eigenvalue weighted by Gasteiger charge is 2.19. The summed E-state index contributed by atoms with van der Waals surface area (Å²) in [5, 5.41) is 0. The minimum absolute atomic E-state index is 0.122. The quantitative estimate of drug-likeness (QED) is 0.0317. The summed E-state index contributed by atoms with van der Waals surface area (Å²) in [7, 11) is 0. The number of unbranched alkanes of at least 4 members (excludes halogenated alkanes) is 7. The Kier molecular flexibility index (Phi) is 33.8. The molecule has 0 N–H and O–H groups in total. The van der Waals surface area contributed by atoms with Gasteiger partial charge in [0.1, 0.15) is 13.2 Å². The number of hydrogen-bond donors (Lipinski definition) is 0. The lowest BCUT2D eigenvalue weighted by atomic mass is 10.1. The van der Waals surface area contributed by atoms with Crippen LogP contribution < -0.4 is 0 Å². The highest BCUT2D eigenvalue weighted by Crippen LogP contribution is 2.10. The Morgan fingerprint density at radius 3 is 1.52 bits per heavy atom. The van der Waals surface area contributed by atoms with E-state index in [4.69, 9.17) is 14.2 Å². The second kappa shape index (κ2) is 36.4. The molecule has 270 valence electrons. The number of carbonyl (C=O) groups is 3. The molecule has 0 saturated carbocycles. The molecule has 48 heavy (non-hydrogen) atoms. The van der Waals surface area contributed by atoms with Gasteiger partial charge in [-0.1, -0.05) is 132 Å². The molecule has 0 aliphatic carbocycles. The molecular formula is C42H66O6. The molecule has 1 unspecified atom stereocenters. The molecule has 0 heterocycles. The van der Waals surface area contributed by atoms with E-state index in [1.165, 1.54) is 12.8 Å². The van der Waals surface area contributed by atoms with E-state index >= 15 is 0 Å². The molecule has 0 radical (unpaired) electrons. The van der Waals surface area contributed by atoms with Crippen LogP contribution in [-0.4, -0.2) is 37.2 Å². The van der Waals surface area contributed by atoms with Gasteiger partial charge in [0.05, 0.1) is 6.42 Å². The van der Waals surface area contributed by atoms with E-state index in [1.807, 2.05) is 6.08 Å². The van der Waals surface area contributed by atoms with Gasteiger partial charge in [0.25, 0.3) is 0 Å². The molecule has 6 nitrogen and oxygen atoms in total. The van der Waals surface area contributed by atoms with Gasteiger partial charge < -0.3 is 14.2 Å². The molecule has 0 aliphatic rings. The highest BCUT2D eigenvalue weighted by atomic mass is 16.6. The lowest BCUT2D eigenvalue weighted by Crippen LogP contribution is -2.30. The Morgan fingerprint density at radius 2 is 0.917 bits per heavy atom. The van der Waals surface area contributed by atoms with Gasteiger partial charge >= 0.3 is 17.9 Å². The fourth-order valence-electron chi connectivity index (χ4n) is 4.39. The van der Waals surface area contributed by atoms with Crippen LogP contribution in [0.3, 0.4) is 0 Å². The highest BCUT2D eigenvalue weighted by molar-refractivity contribution is 5.72. The standard InChI is InChI=1S/C42H66O6/c1-4-7-10-13-16-19-21-24-26-29-32-35-41(44)47-38-39(37-46-40(43)34-31-28-25-22-18-15-12-9-6-3)48-42(45)36-33-30-27-23-20-17-14-11-8-5-2/h7,9-10,12,14,16-19,22,24,26,28,31,39H,4-6,8,11,13,15,20-21,23,25,27,29-30,32-38H2,1-3H3/b10-7-,12-9-,17-14-,19-16-,22-18-,26-24-,31-28-. The van der Waals surface area contributed by atoms with E-state index in [9.17, 15) is 14.4 Å². The summed E-state index contributed by atoms with van der Waals surface area (Å²) in [6.45, 7) is 6.14. The molecule has 0 aliphatic heterocycles. The number of hydrogen-bond acceptors (Lipinski definition) is 6. The smallest absolute Gasteiger partial charge is 0.309 e. The van der Waals surface area contributed by atoms with Crippen LogP contribution in [0.5, 0.6) is 0 Å². The second-order valence-electron chi connectivity index (χ2n) is 11.7. The van der Waals surface area contributed by atoms with Gasteiger partial charge in [0, 0.05) is 12.8 Å². The molecule has 0 aromatic carbocycles. The van der Waals surface area contributed by atoms with Crippen LogP contribution in [0.4, 0.5) is 0 Å². The average molecular weight is 667 g/mol. The van der Waals surface area contributed by atoms with Crippen molar-refractivity contribution in [3.8, 4) is 0 Å². The summed E-state index contributed by atoms with van der Waals surface area (Å²) >= 11 is 0. The molecule has 1 atom stereocenters. The minimum atomic E-state index is -0.833.